The van der Waals surface area contributed by atoms with Crippen LogP contribution in [0.15, 0.2) is 54.4 Å². The second kappa shape index (κ2) is 5.68. The van der Waals surface area contributed by atoms with E-state index in [4.69, 9.17) is 11.5 Å². The number of hydrogen-bond acceptors (Lipinski definition) is 3. The van der Waals surface area contributed by atoms with Crippen LogP contribution in [0.3, 0.4) is 0 Å². The van der Waals surface area contributed by atoms with E-state index in [-0.39, 0.29) is 17.5 Å². The Hall–Kier alpha value is -2.55. The summed E-state index contributed by atoms with van der Waals surface area (Å²) in [5.74, 6) is 0.296. The van der Waals surface area contributed by atoms with Crippen molar-refractivity contribution in [1.29, 1.82) is 0 Å². The molecule has 0 saturated carbocycles. The molecule has 112 valence electrons. The van der Waals surface area contributed by atoms with E-state index < -0.39 is 0 Å². The summed E-state index contributed by atoms with van der Waals surface area (Å²) in [6.45, 7) is 1.92. The third-order valence-corrected chi connectivity index (χ3v) is 4.27. The Morgan fingerprint density at radius 3 is 2.64 bits per heavy atom. The molecule has 3 rings (SSSR count). The molecule has 3 nitrogen and oxygen atoms in total. The smallest absolute Gasteiger partial charge is 0.166 e. The van der Waals surface area contributed by atoms with E-state index in [0.29, 0.717) is 6.42 Å². The number of rotatable bonds is 4. The second-order valence-electron chi connectivity index (χ2n) is 5.87. The topological polar surface area (TPSA) is 69.1 Å². The van der Waals surface area contributed by atoms with Gasteiger partial charge in [-0.25, -0.2) is 0 Å². The maximum Gasteiger partial charge on any atom is 0.166 e. The largest absolute Gasteiger partial charge is 0.386 e. The third-order valence-electron chi connectivity index (χ3n) is 4.27. The van der Waals surface area contributed by atoms with E-state index in [2.05, 4.69) is 18.2 Å². The van der Waals surface area contributed by atoms with Crippen LogP contribution in [0.2, 0.25) is 0 Å². The van der Waals surface area contributed by atoms with E-state index in [1.165, 1.54) is 16.7 Å². The number of carbonyl (C=O) groups is 1. The highest BCUT2D eigenvalue weighted by atomic mass is 16.1. The molecule has 1 aliphatic rings. The van der Waals surface area contributed by atoms with Crippen LogP contribution in [-0.4, -0.2) is 5.78 Å². The molecular formula is C19H20N2O. The summed E-state index contributed by atoms with van der Waals surface area (Å²) in [5.41, 5.74) is 16.6. The Morgan fingerprint density at radius 1 is 1.14 bits per heavy atom. The van der Waals surface area contributed by atoms with Crippen LogP contribution in [0.4, 0.5) is 0 Å². The zero-order valence-corrected chi connectivity index (χ0v) is 12.7. The van der Waals surface area contributed by atoms with Crippen LogP contribution in [0.1, 0.15) is 34.8 Å². The van der Waals surface area contributed by atoms with Gasteiger partial charge in [0.05, 0.1) is 5.82 Å². The van der Waals surface area contributed by atoms with Gasteiger partial charge < -0.3 is 11.5 Å². The van der Waals surface area contributed by atoms with Crippen molar-refractivity contribution in [2.75, 3.05) is 0 Å². The minimum absolute atomic E-state index is 0.127. The molecule has 0 saturated heterocycles. The summed E-state index contributed by atoms with van der Waals surface area (Å²) in [4.78, 5) is 12.8. The molecule has 3 heteroatoms. The number of hydrogen-bond donors (Lipinski definition) is 2. The zero-order valence-electron chi connectivity index (χ0n) is 12.7. The molecule has 0 bridgehead atoms. The highest BCUT2D eigenvalue weighted by Crippen LogP contribution is 2.38. The third kappa shape index (κ3) is 2.50. The molecule has 1 atom stereocenters. The molecule has 0 radical (unpaired) electrons. The number of benzene rings is 2. The van der Waals surface area contributed by atoms with E-state index >= 15 is 0 Å². The van der Waals surface area contributed by atoms with Crippen molar-refractivity contribution in [2.45, 2.75) is 19.8 Å². The van der Waals surface area contributed by atoms with Crippen molar-refractivity contribution in [3.8, 4) is 11.1 Å². The summed E-state index contributed by atoms with van der Waals surface area (Å²) in [7, 11) is 0. The minimum Gasteiger partial charge on any atom is -0.386 e. The SMILES string of the molecule is CC(CC=C(N)N)C(=O)c1cccc2c1Cc1ccccc1-2. The van der Waals surface area contributed by atoms with Gasteiger partial charge in [0.1, 0.15) is 0 Å². The molecule has 0 amide bonds. The lowest BCUT2D eigenvalue weighted by Gasteiger charge is -2.12. The van der Waals surface area contributed by atoms with E-state index in [0.717, 1.165) is 17.5 Å². The Bertz CT molecular complexity index is 758. The molecule has 22 heavy (non-hydrogen) atoms. The monoisotopic (exact) mass is 292 g/mol. The number of fused-ring (bicyclic) bond motifs is 3. The van der Waals surface area contributed by atoms with Gasteiger partial charge in [0.2, 0.25) is 0 Å². The number of nitrogens with two attached hydrogens (primary N) is 2. The van der Waals surface area contributed by atoms with Gasteiger partial charge in [-0.2, -0.15) is 0 Å². The van der Waals surface area contributed by atoms with Crippen molar-refractivity contribution in [2.24, 2.45) is 17.4 Å². The van der Waals surface area contributed by atoms with Gasteiger partial charge in [-0.3, -0.25) is 4.79 Å². The van der Waals surface area contributed by atoms with Crippen LogP contribution in [-0.2, 0) is 6.42 Å². The average molecular weight is 292 g/mol. The van der Waals surface area contributed by atoms with Crippen molar-refractivity contribution >= 4 is 5.78 Å². The normalized spacial score (nSPS) is 13.1. The van der Waals surface area contributed by atoms with Crippen LogP contribution >= 0.6 is 0 Å². The predicted octanol–water partition coefficient (Wildman–Crippen LogP) is 3.23. The van der Waals surface area contributed by atoms with Crippen LogP contribution < -0.4 is 11.5 Å². The molecule has 1 unspecified atom stereocenters. The lowest BCUT2D eigenvalue weighted by molar-refractivity contribution is 0.0930. The maximum absolute atomic E-state index is 12.8. The fourth-order valence-electron chi connectivity index (χ4n) is 3.07. The molecular weight excluding hydrogens is 272 g/mol. The summed E-state index contributed by atoms with van der Waals surface area (Å²) in [6, 6.07) is 14.3. The number of carbonyl (C=O) groups excluding carboxylic acids is 1. The van der Waals surface area contributed by atoms with E-state index in [1.54, 1.807) is 6.08 Å². The molecule has 0 aromatic heterocycles. The summed E-state index contributed by atoms with van der Waals surface area (Å²) >= 11 is 0. The predicted molar refractivity (Wildman–Crippen MR) is 89.3 cm³/mol. The van der Waals surface area contributed by atoms with Crippen molar-refractivity contribution in [3.05, 3.63) is 71.1 Å². The Kier molecular flexibility index (Phi) is 3.72. The molecule has 2 aromatic rings. The first-order chi connectivity index (χ1) is 10.6. The maximum atomic E-state index is 12.8. The molecule has 1 aliphatic carbocycles. The Labute approximate surface area is 130 Å². The Balaban J connectivity index is 1.94. The van der Waals surface area contributed by atoms with Gasteiger partial charge >= 0.3 is 0 Å². The van der Waals surface area contributed by atoms with Crippen molar-refractivity contribution in [1.82, 2.24) is 0 Å². The van der Waals surface area contributed by atoms with Gasteiger partial charge in [0.25, 0.3) is 0 Å². The molecule has 0 aliphatic heterocycles. The summed E-state index contributed by atoms with van der Waals surface area (Å²) in [5, 5.41) is 0. The summed E-state index contributed by atoms with van der Waals surface area (Å²) in [6.07, 6.45) is 3.10. The van der Waals surface area contributed by atoms with Gasteiger partial charge in [-0.15, -0.1) is 0 Å². The average Bonchev–Trinajstić information content (AvgIpc) is 2.90. The lowest BCUT2D eigenvalue weighted by Crippen LogP contribution is -2.15. The summed E-state index contributed by atoms with van der Waals surface area (Å²) < 4.78 is 0. The fourth-order valence-corrected chi connectivity index (χ4v) is 3.07. The van der Waals surface area contributed by atoms with Gasteiger partial charge in [0.15, 0.2) is 5.78 Å². The standard InChI is InChI=1S/C19H20N2O/c1-12(9-10-18(20)21)19(22)16-8-4-7-15-14-6-3-2-5-13(14)11-17(15)16/h2-8,10,12H,9,11,20-21H2,1H3. The van der Waals surface area contributed by atoms with Crippen molar-refractivity contribution in [3.63, 3.8) is 0 Å². The second-order valence-corrected chi connectivity index (χ2v) is 5.87. The molecule has 2 aromatic carbocycles. The molecule has 4 N–H and O–H groups in total. The number of ketones is 1. The lowest BCUT2D eigenvalue weighted by atomic mass is 9.91. The first kappa shape index (κ1) is 14.4. The quantitative estimate of drug-likeness (QED) is 0.725. The van der Waals surface area contributed by atoms with Crippen LogP contribution in [0.25, 0.3) is 11.1 Å². The minimum atomic E-state index is -0.127. The van der Waals surface area contributed by atoms with E-state index in [9.17, 15) is 4.79 Å². The first-order valence-corrected chi connectivity index (χ1v) is 7.53. The fraction of sp³-hybridized carbons (Fsp3) is 0.211. The Morgan fingerprint density at radius 2 is 1.86 bits per heavy atom. The van der Waals surface area contributed by atoms with Gasteiger partial charge in [-0.05, 0) is 41.2 Å². The highest BCUT2D eigenvalue weighted by Gasteiger charge is 2.25. The first-order valence-electron chi connectivity index (χ1n) is 7.53. The highest BCUT2D eigenvalue weighted by molar-refractivity contribution is 6.01. The zero-order chi connectivity index (χ0) is 15.7. The van der Waals surface area contributed by atoms with Gasteiger partial charge in [0, 0.05) is 11.5 Å². The molecule has 0 spiro atoms. The van der Waals surface area contributed by atoms with Crippen LogP contribution in [0.5, 0.6) is 0 Å². The van der Waals surface area contributed by atoms with Gasteiger partial charge in [-0.1, -0.05) is 49.4 Å². The van der Waals surface area contributed by atoms with Crippen LogP contribution in [0, 0.1) is 5.92 Å². The number of allylic oxidation sites excluding steroid dienone is 1. The van der Waals surface area contributed by atoms with Crippen molar-refractivity contribution < 1.29 is 4.79 Å². The number of Topliss-reactive ketones (excluding diaryl/α,β-unsaturated/α-hetero) is 1. The molecule has 0 fully saturated rings. The molecule has 0 heterocycles. The van der Waals surface area contributed by atoms with E-state index in [1.807, 2.05) is 31.2 Å².